The lowest BCUT2D eigenvalue weighted by Crippen LogP contribution is -1.83. The van der Waals surface area contributed by atoms with Gasteiger partial charge in [-0.25, -0.2) is 14.4 Å². The Balaban J connectivity index is 2.18. The first-order valence-corrected chi connectivity index (χ1v) is 5.76. The molecule has 0 fully saturated rings. The van der Waals surface area contributed by atoms with Gasteiger partial charge >= 0.3 is 0 Å². The Morgan fingerprint density at radius 1 is 1.13 bits per heavy atom. The highest BCUT2D eigenvalue weighted by Crippen LogP contribution is 2.26. The number of aromatic nitrogens is 2. The van der Waals surface area contributed by atoms with E-state index in [1.807, 2.05) is 6.07 Å². The lowest BCUT2D eigenvalue weighted by molar-refractivity contribution is 0.626. The van der Waals surface area contributed by atoms with Crippen LogP contribution in [0.15, 0.2) is 51.2 Å². The van der Waals surface area contributed by atoms with Crippen LogP contribution in [-0.4, -0.2) is 9.97 Å². The van der Waals surface area contributed by atoms with E-state index in [4.69, 9.17) is 0 Å². The number of nitrogens with zero attached hydrogens (tertiary/aromatic N) is 2. The van der Waals surface area contributed by atoms with E-state index in [0.717, 1.165) is 14.5 Å². The van der Waals surface area contributed by atoms with Crippen molar-refractivity contribution in [2.24, 2.45) is 0 Å². The molecule has 0 radical (unpaired) electrons. The van der Waals surface area contributed by atoms with Crippen molar-refractivity contribution in [1.82, 2.24) is 9.97 Å². The molecule has 0 amide bonds. The van der Waals surface area contributed by atoms with Crippen molar-refractivity contribution in [2.75, 3.05) is 0 Å². The quantitative estimate of drug-likeness (QED) is 0.789. The Morgan fingerprint density at radius 3 is 2.53 bits per heavy atom. The second-order valence-electron chi connectivity index (χ2n) is 2.73. The Kier molecular flexibility index (Phi) is 3.33. The maximum absolute atomic E-state index is 12.6. The highest BCUT2D eigenvalue weighted by molar-refractivity contribution is 9.10. The molecule has 0 saturated carbocycles. The highest BCUT2D eigenvalue weighted by Gasteiger charge is 2.00. The van der Waals surface area contributed by atoms with E-state index in [1.165, 1.54) is 30.2 Å². The van der Waals surface area contributed by atoms with Crippen LogP contribution in [-0.2, 0) is 0 Å². The second-order valence-corrected chi connectivity index (χ2v) is 4.64. The molecule has 76 valence electrons. The van der Waals surface area contributed by atoms with E-state index < -0.39 is 0 Å². The minimum Gasteiger partial charge on any atom is -0.230 e. The lowest BCUT2D eigenvalue weighted by Gasteiger charge is -2.00. The molecule has 0 unspecified atom stereocenters. The molecule has 0 spiro atoms. The van der Waals surface area contributed by atoms with Crippen LogP contribution < -0.4 is 0 Å². The molecular formula is C10H6BrFN2S. The van der Waals surface area contributed by atoms with Gasteiger partial charge in [0.1, 0.15) is 21.8 Å². The number of benzene rings is 1. The third-order valence-corrected chi connectivity index (χ3v) is 3.02. The predicted molar refractivity (Wildman–Crippen MR) is 60.3 cm³/mol. The first kappa shape index (κ1) is 10.6. The maximum Gasteiger partial charge on any atom is 0.123 e. The molecule has 0 saturated heterocycles. The van der Waals surface area contributed by atoms with Crippen LogP contribution >= 0.6 is 27.7 Å². The van der Waals surface area contributed by atoms with E-state index in [2.05, 4.69) is 25.9 Å². The first-order chi connectivity index (χ1) is 7.24. The summed E-state index contributed by atoms with van der Waals surface area (Å²) in [6.07, 6.45) is 1.48. The van der Waals surface area contributed by atoms with Crippen LogP contribution in [0.1, 0.15) is 0 Å². The molecule has 15 heavy (non-hydrogen) atoms. The Bertz CT molecular complexity index is 461. The fraction of sp³-hybridized carbons (Fsp3) is 0. The largest absolute Gasteiger partial charge is 0.230 e. The van der Waals surface area contributed by atoms with Crippen molar-refractivity contribution < 1.29 is 4.39 Å². The van der Waals surface area contributed by atoms with Crippen molar-refractivity contribution >= 4 is 27.7 Å². The molecule has 0 aliphatic heterocycles. The van der Waals surface area contributed by atoms with Gasteiger partial charge in [0.05, 0.1) is 0 Å². The predicted octanol–water partition coefficient (Wildman–Crippen LogP) is 3.53. The first-order valence-electron chi connectivity index (χ1n) is 4.15. The van der Waals surface area contributed by atoms with Gasteiger partial charge in [-0.2, -0.15) is 0 Å². The summed E-state index contributed by atoms with van der Waals surface area (Å²) in [4.78, 5) is 8.96. The van der Waals surface area contributed by atoms with Gasteiger partial charge < -0.3 is 0 Å². The molecule has 5 heteroatoms. The number of rotatable bonds is 2. The van der Waals surface area contributed by atoms with Gasteiger partial charge in [0.15, 0.2) is 0 Å². The van der Waals surface area contributed by atoms with Crippen molar-refractivity contribution in [3.8, 4) is 0 Å². The molecule has 0 N–H and O–H groups in total. The molecule has 1 aromatic heterocycles. The van der Waals surface area contributed by atoms with Crippen LogP contribution in [0.4, 0.5) is 4.39 Å². The Hall–Kier alpha value is -0.940. The maximum atomic E-state index is 12.6. The monoisotopic (exact) mass is 284 g/mol. The zero-order valence-electron chi connectivity index (χ0n) is 7.52. The summed E-state index contributed by atoms with van der Waals surface area (Å²) in [6, 6.07) is 8.11. The molecule has 2 aromatic rings. The van der Waals surface area contributed by atoms with Gasteiger partial charge in [-0.1, -0.05) is 11.8 Å². The molecule has 1 aromatic carbocycles. The van der Waals surface area contributed by atoms with Crippen molar-refractivity contribution in [2.45, 2.75) is 9.92 Å². The van der Waals surface area contributed by atoms with Gasteiger partial charge in [0.25, 0.3) is 0 Å². The summed E-state index contributed by atoms with van der Waals surface area (Å²) in [6.45, 7) is 0. The number of halogens is 2. The zero-order valence-corrected chi connectivity index (χ0v) is 9.93. The minimum atomic E-state index is -0.233. The Labute approximate surface area is 99.1 Å². The van der Waals surface area contributed by atoms with E-state index >= 15 is 0 Å². The molecule has 2 rings (SSSR count). The second kappa shape index (κ2) is 4.72. The normalized spacial score (nSPS) is 10.3. The summed E-state index contributed by atoms with van der Waals surface area (Å²) in [5.41, 5.74) is 0. The van der Waals surface area contributed by atoms with Crippen molar-refractivity contribution in [3.05, 3.63) is 47.1 Å². The number of hydrogen-bond donors (Lipinski definition) is 0. The van der Waals surface area contributed by atoms with Gasteiger partial charge in [-0.3, -0.25) is 0 Å². The van der Waals surface area contributed by atoms with Gasteiger partial charge in [-0.15, -0.1) is 0 Å². The highest BCUT2D eigenvalue weighted by atomic mass is 79.9. The SMILES string of the molecule is Fc1ccc(Sc2cc(Br)ncn2)cc1. The van der Waals surface area contributed by atoms with Crippen molar-refractivity contribution in [3.63, 3.8) is 0 Å². The third-order valence-electron chi connectivity index (χ3n) is 1.64. The average Bonchev–Trinajstić information content (AvgIpc) is 2.22. The fourth-order valence-corrected chi connectivity index (χ4v) is 2.24. The summed E-state index contributed by atoms with van der Waals surface area (Å²) in [7, 11) is 0. The van der Waals surface area contributed by atoms with Gasteiger partial charge in [0.2, 0.25) is 0 Å². The van der Waals surface area contributed by atoms with Crippen LogP contribution in [0.5, 0.6) is 0 Å². The summed E-state index contributed by atoms with van der Waals surface area (Å²) >= 11 is 4.73. The zero-order chi connectivity index (χ0) is 10.7. The molecule has 0 bridgehead atoms. The molecule has 0 atom stereocenters. The van der Waals surface area contributed by atoms with E-state index in [9.17, 15) is 4.39 Å². The molecule has 0 aliphatic rings. The van der Waals surface area contributed by atoms with Crippen LogP contribution in [0.2, 0.25) is 0 Å². The minimum absolute atomic E-state index is 0.233. The summed E-state index contributed by atoms with van der Waals surface area (Å²) in [5, 5.41) is 0.823. The molecule has 1 heterocycles. The lowest BCUT2D eigenvalue weighted by atomic mass is 10.4. The van der Waals surface area contributed by atoms with Gasteiger partial charge in [-0.05, 0) is 40.2 Å². The number of hydrogen-bond acceptors (Lipinski definition) is 3. The topological polar surface area (TPSA) is 25.8 Å². The summed E-state index contributed by atoms with van der Waals surface area (Å²) < 4.78 is 13.4. The van der Waals surface area contributed by atoms with E-state index in [1.54, 1.807) is 12.1 Å². The van der Waals surface area contributed by atoms with Crippen LogP contribution in [0.3, 0.4) is 0 Å². The van der Waals surface area contributed by atoms with E-state index in [0.29, 0.717) is 0 Å². The molecule has 2 nitrogen and oxygen atoms in total. The van der Waals surface area contributed by atoms with E-state index in [-0.39, 0.29) is 5.82 Å². The van der Waals surface area contributed by atoms with Gasteiger partial charge in [0, 0.05) is 11.0 Å². The standard InChI is InChI=1S/C10H6BrFN2S/c11-9-5-10(14-6-13-9)15-8-3-1-7(12)2-4-8/h1-6H. The van der Waals surface area contributed by atoms with Crippen molar-refractivity contribution in [1.29, 1.82) is 0 Å². The fourth-order valence-electron chi connectivity index (χ4n) is 0.997. The Morgan fingerprint density at radius 2 is 1.87 bits per heavy atom. The molecule has 0 aliphatic carbocycles. The molecular weight excluding hydrogens is 279 g/mol. The average molecular weight is 285 g/mol. The smallest absolute Gasteiger partial charge is 0.123 e. The van der Waals surface area contributed by atoms with Crippen LogP contribution in [0, 0.1) is 5.82 Å². The summed E-state index contributed by atoms with van der Waals surface area (Å²) in [5.74, 6) is -0.233. The third kappa shape index (κ3) is 3.00. The van der Waals surface area contributed by atoms with Crippen LogP contribution in [0.25, 0.3) is 0 Å².